The van der Waals surface area contributed by atoms with E-state index < -0.39 is 15.7 Å². The number of fused-ring (bicyclic) bond motifs is 3. The molecule has 31 heavy (non-hydrogen) atoms. The first kappa shape index (κ1) is 22.1. The Morgan fingerprint density at radius 2 is 1.90 bits per heavy atom. The van der Waals surface area contributed by atoms with Crippen LogP contribution < -0.4 is 0 Å². The lowest BCUT2D eigenvalue weighted by molar-refractivity contribution is -0.00803. The van der Waals surface area contributed by atoms with Crippen LogP contribution in [0.5, 0.6) is 0 Å². The lowest BCUT2D eigenvalue weighted by Gasteiger charge is -2.52. The molecule has 0 radical (unpaired) electrons. The van der Waals surface area contributed by atoms with Crippen molar-refractivity contribution in [1.29, 1.82) is 0 Å². The van der Waals surface area contributed by atoms with Crippen LogP contribution in [0.25, 0.3) is 0 Å². The van der Waals surface area contributed by atoms with Crippen LogP contribution in [0.2, 0.25) is 0 Å². The van der Waals surface area contributed by atoms with Gasteiger partial charge in [-0.1, -0.05) is 54.5 Å². The molecule has 0 bridgehead atoms. The van der Waals surface area contributed by atoms with Gasteiger partial charge in [-0.3, -0.25) is 4.18 Å². The van der Waals surface area contributed by atoms with E-state index in [-0.39, 0.29) is 12.0 Å². The molecular weight excluding hydrogens is 408 g/mol. The highest BCUT2D eigenvalue weighted by Crippen LogP contribution is 2.54. The summed E-state index contributed by atoms with van der Waals surface area (Å²) in [7, 11) is -3.47. The zero-order chi connectivity index (χ0) is 22.1. The van der Waals surface area contributed by atoms with Crippen molar-refractivity contribution >= 4 is 10.1 Å². The standard InChI is InChI=1S/C26H30O4S/c1-3-13-25(27)14-15-26(17-20-7-5-4-6-8-20)23(18-25)11-10-22-16-21(9-12-24(22)26)19-30-31(2,28)29/h4-9,12,16,23,27H,10-11,14-15,17-19H2,1-2H3/t23-,25-,26+/m1/s1. The SMILES string of the molecule is CC#C[C@@]1(O)CC[C@@]2(Cc3ccccc3)c3ccc(COS(C)(=O)=O)cc3CC[C@@H]2C1. The molecule has 1 fully saturated rings. The summed E-state index contributed by atoms with van der Waals surface area (Å²) in [6.45, 7) is 1.85. The van der Waals surface area contributed by atoms with Gasteiger partial charge < -0.3 is 5.11 Å². The Bertz CT molecular complexity index is 1110. The number of aryl methyl sites for hydroxylation is 1. The van der Waals surface area contributed by atoms with Crippen LogP contribution in [0.3, 0.4) is 0 Å². The maximum absolute atomic E-state index is 11.4. The zero-order valence-corrected chi connectivity index (χ0v) is 19.0. The molecule has 0 unspecified atom stereocenters. The summed E-state index contributed by atoms with van der Waals surface area (Å²) in [5, 5.41) is 11.1. The number of aliphatic hydroxyl groups is 1. The van der Waals surface area contributed by atoms with Gasteiger partial charge in [-0.2, -0.15) is 8.42 Å². The van der Waals surface area contributed by atoms with Crippen molar-refractivity contribution in [3.05, 3.63) is 70.8 Å². The highest BCUT2D eigenvalue weighted by atomic mass is 32.2. The molecule has 164 valence electrons. The van der Waals surface area contributed by atoms with Crippen LogP contribution in [0.15, 0.2) is 48.5 Å². The summed E-state index contributed by atoms with van der Waals surface area (Å²) in [6, 6.07) is 16.8. The lowest BCUT2D eigenvalue weighted by atomic mass is 9.52. The van der Waals surface area contributed by atoms with E-state index in [0.29, 0.717) is 18.8 Å². The molecule has 0 aliphatic heterocycles. The second kappa shape index (κ2) is 8.43. The van der Waals surface area contributed by atoms with E-state index in [2.05, 4.69) is 48.2 Å². The quantitative estimate of drug-likeness (QED) is 0.563. The maximum Gasteiger partial charge on any atom is 0.264 e. The normalized spacial score (nSPS) is 27.5. The van der Waals surface area contributed by atoms with Gasteiger partial charge in [0, 0.05) is 5.41 Å². The van der Waals surface area contributed by atoms with Crippen molar-refractivity contribution < 1.29 is 17.7 Å². The van der Waals surface area contributed by atoms with E-state index in [1.807, 2.05) is 12.1 Å². The molecule has 0 amide bonds. The third-order valence-corrected chi connectivity index (χ3v) is 7.52. The predicted molar refractivity (Wildman–Crippen MR) is 122 cm³/mol. The smallest absolute Gasteiger partial charge is 0.264 e. The number of hydrogen-bond donors (Lipinski definition) is 1. The monoisotopic (exact) mass is 438 g/mol. The van der Waals surface area contributed by atoms with Crippen molar-refractivity contribution in [3.8, 4) is 11.8 Å². The molecule has 0 spiro atoms. The summed E-state index contributed by atoms with van der Waals surface area (Å²) in [6.07, 6.45) is 6.15. The Morgan fingerprint density at radius 3 is 2.61 bits per heavy atom. The molecule has 1 N–H and O–H groups in total. The Morgan fingerprint density at radius 1 is 1.13 bits per heavy atom. The van der Waals surface area contributed by atoms with Gasteiger partial charge in [0.1, 0.15) is 5.60 Å². The molecule has 2 aromatic rings. The van der Waals surface area contributed by atoms with Gasteiger partial charge in [0.25, 0.3) is 10.1 Å². The number of rotatable bonds is 5. The minimum atomic E-state index is -3.47. The number of benzene rings is 2. The van der Waals surface area contributed by atoms with Crippen LogP contribution in [0.4, 0.5) is 0 Å². The van der Waals surface area contributed by atoms with E-state index in [1.54, 1.807) is 6.92 Å². The molecule has 4 nitrogen and oxygen atoms in total. The molecule has 2 aromatic carbocycles. The third-order valence-electron chi connectivity index (χ3n) is 6.98. The van der Waals surface area contributed by atoms with Gasteiger partial charge in [-0.15, -0.1) is 5.92 Å². The van der Waals surface area contributed by atoms with Crippen molar-refractivity contribution in [3.63, 3.8) is 0 Å². The van der Waals surface area contributed by atoms with Gasteiger partial charge in [0.15, 0.2) is 0 Å². The topological polar surface area (TPSA) is 63.6 Å². The van der Waals surface area contributed by atoms with Crippen LogP contribution >= 0.6 is 0 Å². The Labute approximate surface area is 185 Å². The average molecular weight is 439 g/mol. The fourth-order valence-electron chi connectivity index (χ4n) is 5.64. The largest absolute Gasteiger partial charge is 0.378 e. The summed E-state index contributed by atoms with van der Waals surface area (Å²) in [5.41, 5.74) is 3.84. The lowest BCUT2D eigenvalue weighted by Crippen LogP contribution is -2.50. The molecule has 1 saturated carbocycles. The minimum Gasteiger partial charge on any atom is -0.378 e. The Balaban J connectivity index is 1.72. The predicted octanol–water partition coefficient (Wildman–Crippen LogP) is 4.14. The van der Waals surface area contributed by atoms with Crippen LogP contribution in [0.1, 0.15) is 54.9 Å². The van der Waals surface area contributed by atoms with Crippen molar-refractivity contribution in [2.24, 2.45) is 5.92 Å². The molecule has 0 saturated heterocycles. The molecule has 2 aliphatic carbocycles. The first-order valence-electron chi connectivity index (χ1n) is 10.9. The molecular formula is C26H30O4S. The van der Waals surface area contributed by atoms with Crippen LogP contribution in [-0.4, -0.2) is 25.4 Å². The Kier molecular flexibility index (Phi) is 6.00. The van der Waals surface area contributed by atoms with E-state index in [0.717, 1.165) is 37.5 Å². The first-order chi connectivity index (χ1) is 14.7. The molecule has 0 heterocycles. The molecule has 0 aromatic heterocycles. The average Bonchev–Trinajstić information content (AvgIpc) is 2.73. The first-order valence-corrected chi connectivity index (χ1v) is 12.7. The molecule has 2 aliphatic rings. The summed E-state index contributed by atoms with van der Waals surface area (Å²) in [4.78, 5) is 0. The van der Waals surface area contributed by atoms with Crippen LogP contribution in [-0.2, 0) is 39.2 Å². The highest BCUT2D eigenvalue weighted by Gasteiger charge is 2.51. The molecule has 5 heteroatoms. The number of hydrogen-bond acceptors (Lipinski definition) is 4. The maximum atomic E-state index is 11.4. The summed E-state index contributed by atoms with van der Waals surface area (Å²) in [5.74, 6) is 6.34. The van der Waals surface area contributed by atoms with E-state index in [9.17, 15) is 13.5 Å². The van der Waals surface area contributed by atoms with Crippen molar-refractivity contribution in [2.75, 3.05) is 6.26 Å². The van der Waals surface area contributed by atoms with E-state index >= 15 is 0 Å². The fourth-order valence-corrected chi connectivity index (χ4v) is 5.99. The Hall–Kier alpha value is -2.13. The minimum absolute atomic E-state index is 0.0488. The highest BCUT2D eigenvalue weighted by molar-refractivity contribution is 7.85. The van der Waals surface area contributed by atoms with Gasteiger partial charge in [0.05, 0.1) is 12.9 Å². The summed E-state index contributed by atoms with van der Waals surface area (Å²) >= 11 is 0. The van der Waals surface area contributed by atoms with Gasteiger partial charge in [0.2, 0.25) is 0 Å². The molecule has 4 rings (SSSR count). The molecule has 3 atom stereocenters. The summed E-state index contributed by atoms with van der Waals surface area (Å²) < 4.78 is 27.8. The van der Waals surface area contributed by atoms with Gasteiger partial charge >= 0.3 is 0 Å². The van der Waals surface area contributed by atoms with Crippen molar-refractivity contribution in [2.45, 2.75) is 63.1 Å². The zero-order valence-electron chi connectivity index (χ0n) is 18.2. The van der Waals surface area contributed by atoms with E-state index in [4.69, 9.17) is 4.18 Å². The van der Waals surface area contributed by atoms with E-state index in [1.165, 1.54) is 16.7 Å². The van der Waals surface area contributed by atoms with Gasteiger partial charge in [-0.25, -0.2) is 0 Å². The third kappa shape index (κ3) is 4.72. The van der Waals surface area contributed by atoms with Crippen molar-refractivity contribution in [1.82, 2.24) is 0 Å². The van der Waals surface area contributed by atoms with Crippen LogP contribution in [0, 0.1) is 17.8 Å². The van der Waals surface area contributed by atoms with Gasteiger partial charge in [-0.05, 0) is 73.6 Å². The fraction of sp³-hybridized carbons (Fsp3) is 0.462. The second-order valence-electron chi connectivity index (χ2n) is 9.12. The second-order valence-corrected chi connectivity index (χ2v) is 10.8.